The fourth-order valence-corrected chi connectivity index (χ4v) is 2.61. The molecule has 0 saturated heterocycles. The standard InChI is InChI=1S/C15H15ClN2O4/c1-8(2)13(15(21)22)18(16)14(20)12-10-6-4-3-5-9(10)11(19)7-17-12/h3-8,13,19H,1-2H3,(H,21,22). The lowest BCUT2D eigenvalue weighted by Crippen LogP contribution is -2.42. The van der Waals surface area contributed by atoms with E-state index in [2.05, 4.69) is 4.98 Å². The molecule has 1 heterocycles. The van der Waals surface area contributed by atoms with E-state index in [0.717, 1.165) is 6.20 Å². The first-order chi connectivity index (χ1) is 10.3. The fraction of sp³-hybridized carbons (Fsp3) is 0.267. The quantitative estimate of drug-likeness (QED) is 0.844. The number of hydrogen-bond donors (Lipinski definition) is 2. The molecule has 0 spiro atoms. The molecule has 2 aromatic rings. The molecule has 0 aliphatic carbocycles. The van der Waals surface area contributed by atoms with Crippen molar-refractivity contribution >= 4 is 34.4 Å². The molecule has 1 atom stereocenters. The van der Waals surface area contributed by atoms with Crippen molar-refractivity contribution in [3.8, 4) is 5.75 Å². The minimum absolute atomic E-state index is 0.00435. The van der Waals surface area contributed by atoms with Gasteiger partial charge in [0, 0.05) is 22.5 Å². The smallest absolute Gasteiger partial charge is 0.328 e. The van der Waals surface area contributed by atoms with E-state index >= 15 is 0 Å². The summed E-state index contributed by atoms with van der Waals surface area (Å²) in [6.07, 6.45) is 1.14. The average molecular weight is 323 g/mol. The van der Waals surface area contributed by atoms with Crippen molar-refractivity contribution < 1.29 is 19.8 Å². The summed E-state index contributed by atoms with van der Waals surface area (Å²) >= 11 is 5.96. The molecule has 0 saturated carbocycles. The number of amides is 1. The van der Waals surface area contributed by atoms with Crippen LogP contribution in [0.3, 0.4) is 0 Å². The lowest BCUT2D eigenvalue weighted by atomic mass is 10.0. The van der Waals surface area contributed by atoms with Gasteiger partial charge in [0.25, 0.3) is 5.91 Å². The first kappa shape index (κ1) is 16.0. The van der Waals surface area contributed by atoms with Gasteiger partial charge in [-0.25, -0.2) is 14.2 Å². The Morgan fingerprint density at radius 2 is 1.82 bits per heavy atom. The molecule has 2 N–H and O–H groups in total. The lowest BCUT2D eigenvalue weighted by molar-refractivity contribution is -0.142. The maximum atomic E-state index is 12.5. The van der Waals surface area contributed by atoms with E-state index in [9.17, 15) is 19.8 Å². The number of halogens is 1. The van der Waals surface area contributed by atoms with Crippen molar-refractivity contribution in [1.82, 2.24) is 9.40 Å². The zero-order valence-electron chi connectivity index (χ0n) is 12.0. The fourth-order valence-electron chi connectivity index (χ4n) is 2.22. The molecule has 0 aliphatic rings. The molecule has 0 aliphatic heterocycles. The molecule has 1 unspecified atom stereocenters. The lowest BCUT2D eigenvalue weighted by Gasteiger charge is -2.24. The Morgan fingerprint density at radius 3 is 2.36 bits per heavy atom. The largest absolute Gasteiger partial charge is 0.506 e. The number of benzene rings is 1. The van der Waals surface area contributed by atoms with Crippen LogP contribution in [-0.4, -0.2) is 37.5 Å². The summed E-state index contributed by atoms with van der Waals surface area (Å²) in [5.41, 5.74) is -0.00435. The third-order valence-corrected chi connectivity index (χ3v) is 3.66. The third kappa shape index (κ3) is 2.82. The Kier molecular flexibility index (Phi) is 4.51. The number of carbonyl (C=O) groups is 2. The monoisotopic (exact) mass is 322 g/mol. The number of carboxylic acid groups (broad SMARTS) is 1. The van der Waals surface area contributed by atoms with Gasteiger partial charge in [-0.05, 0) is 5.92 Å². The molecule has 116 valence electrons. The van der Waals surface area contributed by atoms with Crippen LogP contribution in [-0.2, 0) is 4.79 Å². The number of aromatic nitrogens is 1. The van der Waals surface area contributed by atoms with E-state index in [1.165, 1.54) is 0 Å². The van der Waals surface area contributed by atoms with Crippen LogP contribution in [0.2, 0.25) is 0 Å². The molecule has 1 amide bonds. The van der Waals surface area contributed by atoms with E-state index in [1.807, 2.05) is 0 Å². The van der Waals surface area contributed by atoms with Gasteiger partial charge in [-0.2, -0.15) is 0 Å². The highest BCUT2D eigenvalue weighted by molar-refractivity contribution is 6.26. The van der Waals surface area contributed by atoms with E-state index in [4.69, 9.17) is 11.8 Å². The van der Waals surface area contributed by atoms with Crippen LogP contribution in [0.4, 0.5) is 0 Å². The summed E-state index contributed by atoms with van der Waals surface area (Å²) in [5, 5.41) is 19.9. The van der Waals surface area contributed by atoms with Crippen LogP contribution in [0.15, 0.2) is 30.5 Å². The molecule has 22 heavy (non-hydrogen) atoms. The van der Waals surface area contributed by atoms with Crippen LogP contribution in [0, 0.1) is 5.92 Å². The SMILES string of the molecule is CC(C)C(C(=O)O)N(Cl)C(=O)c1ncc(O)c2ccccc12. The van der Waals surface area contributed by atoms with Crippen molar-refractivity contribution in [2.24, 2.45) is 5.92 Å². The predicted octanol–water partition coefficient (Wildman–Crippen LogP) is 2.65. The van der Waals surface area contributed by atoms with E-state index in [-0.39, 0.29) is 17.4 Å². The van der Waals surface area contributed by atoms with Crippen molar-refractivity contribution in [1.29, 1.82) is 0 Å². The number of nitrogens with zero attached hydrogens (tertiary/aromatic N) is 2. The van der Waals surface area contributed by atoms with Gasteiger partial charge in [0.1, 0.15) is 17.5 Å². The van der Waals surface area contributed by atoms with E-state index < -0.39 is 17.9 Å². The molecule has 1 aromatic carbocycles. The number of fused-ring (bicyclic) bond motifs is 1. The average Bonchev–Trinajstić information content (AvgIpc) is 2.46. The Bertz CT molecular complexity index is 733. The van der Waals surface area contributed by atoms with Gasteiger partial charge in [0.15, 0.2) is 0 Å². The molecule has 0 radical (unpaired) electrons. The summed E-state index contributed by atoms with van der Waals surface area (Å²) in [7, 11) is 0. The van der Waals surface area contributed by atoms with E-state index in [1.54, 1.807) is 38.1 Å². The molecule has 2 rings (SSSR count). The van der Waals surface area contributed by atoms with Crippen LogP contribution < -0.4 is 0 Å². The second-order valence-corrected chi connectivity index (χ2v) is 5.55. The van der Waals surface area contributed by atoms with Crippen molar-refractivity contribution in [3.05, 3.63) is 36.2 Å². The first-order valence-corrected chi connectivity index (χ1v) is 6.97. The van der Waals surface area contributed by atoms with Gasteiger partial charge in [-0.1, -0.05) is 38.1 Å². The van der Waals surface area contributed by atoms with Crippen LogP contribution in [0.1, 0.15) is 24.3 Å². The number of rotatable bonds is 4. The molecule has 7 heteroatoms. The zero-order chi connectivity index (χ0) is 16.4. The van der Waals surface area contributed by atoms with Crippen LogP contribution >= 0.6 is 11.8 Å². The van der Waals surface area contributed by atoms with Gasteiger partial charge < -0.3 is 10.2 Å². The number of carbonyl (C=O) groups excluding carboxylic acids is 1. The third-order valence-electron chi connectivity index (χ3n) is 3.30. The summed E-state index contributed by atoms with van der Waals surface area (Å²) in [5.74, 6) is -2.35. The number of pyridine rings is 1. The molecule has 6 nitrogen and oxygen atoms in total. The summed E-state index contributed by atoms with van der Waals surface area (Å²) < 4.78 is 0.652. The molecule has 0 bridgehead atoms. The van der Waals surface area contributed by atoms with Crippen molar-refractivity contribution in [3.63, 3.8) is 0 Å². The Labute approximate surface area is 132 Å². The highest BCUT2D eigenvalue weighted by Gasteiger charge is 2.33. The van der Waals surface area contributed by atoms with Crippen LogP contribution in [0.5, 0.6) is 5.75 Å². The highest BCUT2D eigenvalue weighted by atomic mass is 35.5. The molecular weight excluding hydrogens is 308 g/mol. The molecular formula is C15H15ClN2O4. The number of aliphatic carboxylic acids is 1. The van der Waals surface area contributed by atoms with Gasteiger partial charge in [-0.15, -0.1) is 0 Å². The number of hydrogen-bond acceptors (Lipinski definition) is 4. The van der Waals surface area contributed by atoms with E-state index in [0.29, 0.717) is 15.2 Å². The number of carboxylic acids is 1. The highest BCUT2D eigenvalue weighted by Crippen LogP contribution is 2.27. The van der Waals surface area contributed by atoms with Gasteiger partial charge >= 0.3 is 5.97 Å². The topological polar surface area (TPSA) is 90.7 Å². The second kappa shape index (κ2) is 6.19. The Hall–Kier alpha value is -2.34. The maximum Gasteiger partial charge on any atom is 0.328 e. The predicted molar refractivity (Wildman–Crippen MR) is 81.7 cm³/mol. The Balaban J connectivity index is 2.50. The molecule has 0 fully saturated rings. The van der Waals surface area contributed by atoms with Gasteiger partial charge in [0.2, 0.25) is 0 Å². The summed E-state index contributed by atoms with van der Waals surface area (Å²) in [6.45, 7) is 3.31. The van der Waals surface area contributed by atoms with Crippen LogP contribution in [0.25, 0.3) is 10.8 Å². The second-order valence-electron chi connectivity index (χ2n) is 5.18. The Morgan fingerprint density at radius 1 is 1.23 bits per heavy atom. The normalized spacial score (nSPS) is 12.4. The van der Waals surface area contributed by atoms with Crippen molar-refractivity contribution in [2.75, 3.05) is 0 Å². The first-order valence-electron chi connectivity index (χ1n) is 6.63. The zero-order valence-corrected chi connectivity index (χ0v) is 12.8. The molecule has 1 aromatic heterocycles. The summed E-state index contributed by atoms with van der Waals surface area (Å²) in [4.78, 5) is 27.7. The van der Waals surface area contributed by atoms with Gasteiger partial charge in [-0.3, -0.25) is 4.79 Å². The van der Waals surface area contributed by atoms with Gasteiger partial charge in [0.05, 0.1) is 6.20 Å². The maximum absolute atomic E-state index is 12.5. The minimum Gasteiger partial charge on any atom is -0.506 e. The summed E-state index contributed by atoms with van der Waals surface area (Å²) in [6, 6.07) is 5.48. The number of aromatic hydroxyl groups is 1. The minimum atomic E-state index is -1.19. The van der Waals surface area contributed by atoms with Crippen molar-refractivity contribution in [2.45, 2.75) is 19.9 Å².